The highest BCUT2D eigenvalue weighted by atomic mass is 16.4. The largest absolute Gasteiger partial charge is 0.420 e. The Morgan fingerprint density at radius 3 is 2.87 bits per heavy atom. The minimum atomic E-state index is -0.259. The summed E-state index contributed by atoms with van der Waals surface area (Å²) in [6, 6.07) is 6.02. The van der Waals surface area contributed by atoms with Crippen LogP contribution < -0.4 is 5.76 Å². The molecule has 0 spiro atoms. The summed E-state index contributed by atoms with van der Waals surface area (Å²) in [5.41, 5.74) is 2.67. The van der Waals surface area contributed by atoms with Crippen LogP contribution in [0.25, 0.3) is 11.1 Å². The molecule has 0 saturated carbocycles. The average Bonchev–Trinajstić information content (AvgIpc) is 2.52. The standard InChI is InChI=1S/C12H15NO2/c1-4-9(3)13-10-6-5-8(2)7-11(10)15-12(13)14/h5-7,9H,4H2,1-3H3. The lowest BCUT2D eigenvalue weighted by Crippen LogP contribution is -2.17. The van der Waals surface area contributed by atoms with E-state index in [-0.39, 0.29) is 11.8 Å². The van der Waals surface area contributed by atoms with E-state index in [2.05, 4.69) is 6.92 Å². The van der Waals surface area contributed by atoms with E-state index in [0.29, 0.717) is 5.58 Å². The molecule has 0 amide bonds. The zero-order chi connectivity index (χ0) is 11.0. The summed E-state index contributed by atoms with van der Waals surface area (Å²) in [6.07, 6.45) is 0.919. The average molecular weight is 205 g/mol. The smallest absolute Gasteiger partial charge is 0.408 e. The number of oxazole rings is 1. The third-order valence-corrected chi connectivity index (χ3v) is 2.80. The van der Waals surface area contributed by atoms with Crippen LogP contribution in [0.4, 0.5) is 0 Å². The van der Waals surface area contributed by atoms with Crippen LogP contribution in [0.15, 0.2) is 27.4 Å². The van der Waals surface area contributed by atoms with E-state index >= 15 is 0 Å². The maximum atomic E-state index is 11.6. The van der Waals surface area contributed by atoms with Gasteiger partial charge in [-0.3, -0.25) is 4.57 Å². The Morgan fingerprint density at radius 2 is 2.20 bits per heavy atom. The molecule has 0 aliphatic carbocycles. The molecule has 2 aromatic rings. The molecule has 1 aromatic carbocycles. The van der Waals surface area contributed by atoms with Gasteiger partial charge in [-0.2, -0.15) is 0 Å². The van der Waals surface area contributed by atoms with E-state index in [9.17, 15) is 4.79 Å². The van der Waals surface area contributed by atoms with Gasteiger partial charge in [0.05, 0.1) is 5.52 Å². The lowest BCUT2D eigenvalue weighted by atomic mass is 10.2. The Balaban J connectivity index is 2.74. The Labute approximate surface area is 88.3 Å². The van der Waals surface area contributed by atoms with E-state index < -0.39 is 0 Å². The number of hydrogen-bond acceptors (Lipinski definition) is 2. The number of aromatic nitrogens is 1. The molecule has 0 saturated heterocycles. The van der Waals surface area contributed by atoms with E-state index in [1.165, 1.54) is 0 Å². The van der Waals surface area contributed by atoms with Gasteiger partial charge < -0.3 is 4.42 Å². The summed E-state index contributed by atoms with van der Waals surface area (Å²) in [5, 5.41) is 0. The first-order valence-electron chi connectivity index (χ1n) is 5.25. The number of benzene rings is 1. The van der Waals surface area contributed by atoms with E-state index in [4.69, 9.17) is 4.42 Å². The molecule has 2 rings (SSSR count). The normalized spacial score (nSPS) is 13.3. The van der Waals surface area contributed by atoms with Crippen molar-refractivity contribution in [2.45, 2.75) is 33.2 Å². The lowest BCUT2D eigenvalue weighted by Gasteiger charge is -2.08. The predicted molar refractivity (Wildman–Crippen MR) is 60.2 cm³/mol. The van der Waals surface area contributed by atoms with Crippen molar-refractivity contribution < 1.29 is 4.42 Å². The van der Waals surface area contributed by atoms with Gasteiger partial charge in [-0.15, -0.1) is 0 Å². The number of aryl methyl sites for hydroxylation is 1. The zero-order valence-electron chi connectivity index (χ0n) is 9.28. The third kappa shape index (κ3) is 1.58. The van der Waals surface area contributed by atoms with Crippen LogP contribution in [0.1, 0.15) is 31.9 Å². The fourth-order valence-corrected chi connectivity index (χ4v) is 1.74. The van der Waals surface area contributed by atoms with Crippen molar-refractivity contribution in [2.75, 3.05) is 0 Å². The molecule has 0 bridgehead atoms. The first kappa shape index (κ1) is 10.0. The summed E-state index contributed by atoms with van der Waals surface area (Å²) in [6.45, 7) is 6.07. The molecule has 0 aliphatic heterocycles. The van der Waals surface area contributed by atoms with Gasteiger partial charge in [0, 0.05) is 6.04 Å². The Hall–Kier alpha value is -1.51. The predicted octanol–water partition coefficient (Wildman–Crippen LogP) is 2.87. The van der Waals surface area contributed by atoms with E-state index in [1.54, 1.807) is 4.57 Å². The molecule has 1 aromatic heterocycles. The molecule has 1 unspecified atom stereocenters. The molecular weight excluding hydrogens is 190 g/mol. The highest BCUT2D eigenvalue weighted by Gasteiger charge is 2.13. The van der Waals surface area contributed by atoms with E-state index in [1.807, 2.05) is 32.0 Å². The minimum absolute atomic E-state index is 0.182. The third-order valence-electron chi connectivity index (χ3n) is 2.80. The zero-order valence-corrected chi connectivity index (χ0v) is 9.28. The number of rotatable bonds is 2. The van der Waals surface area contributed by atoms with Crippen molar-refractivity contribution in [3.63, 3.8) is 0 Å². The van der Waals surface area contributed by atoms with Gasteiger partial charge in [-0.05, 0) is 38.0 Å². The van der Waals surface area contributed by atoms with Gasteiger partial charge >= 0.3 is 5.76 Å². The van der Waals surface area contributed by atoms with Gasteiger partial charge in [0.1, 0.15) is 0 Å². The Kier molecular flexibility index (Phi) is 2.39. The highest BCUT2D eigenvalue weighted by Crippen LogP contribution is 2.19. The van der Waals surface area contributed by atoms with Crippen molar-refractivity contribution >= 4 is 11.1 Å². The number of hydrogen-bond donors (Lipinski definition) is 0. The Morgan fingerprint density at radius 1 is 1.47 bits per heavy atom. The molecule has 80 valence electrons. The molecule has 15 heavy (non-hydrogen) atoms. The van der Waals surface area contributed by atoms with Crippen molar-refractivity contribution in [3.8, 4) is 0 Å². The molecule has 0 fully saturated rings. The van der Waals surface area contributed by atoms with Crippen LogP contribution >= 0.6 is 0 Å². The summed E-state index contributed by atoms with van der Waals surface area (Å²) in [4.78, 5) is 11.6. The molecule has 3 nitrogen and oxygen atoms in total. The molecule has 3 heteroatoms. The maximum Gasteiger partial charge on any atom is 0.420 e. The fraction of sp³-hybridized carbons (Fsp3) is 0.417. The summed E-state index contributed by atoms with van der Waals surface area (Å²) < 4.78 is 6.93. The van der Waals surface area contributed by atoms with Crippen LogP contribution in [0.5, 0.6) is 0 Å². The topological polar surface area (TPSA) is 35.1 Å². The van der Waals surface area contributed by atoms with Gasteiger partial charge in [0.15, 0.2) is 5.58 Å². The molecule has 0 N–H and O–H groups in total. The highest BCUT2D eigenvalue weighted by molar-refractivity contribution is 5.73. The second-order valence-corrected chi connectivity index (χ2v) is 3.97. The van der Waals surface area contributed by atoms with E-state index in [0.717, 1.165) is 17.5 Å². The first-order chi connectivity index (χ1) is 7.13. The van der Waals surface area contributed by atoms with Crippen molar-refractivity contribution in [1.82, 2.24) is 4.57 Å². The number of nitrogens with zero attached hydrogens (tertiary/aromatic N) is 1. The summed E-state index contributed by atoms with van der Waals surface area (Å²) >= 11 is 0. The van der Waals surface area contributed by atoms with Gasteiger partial charge in [0.25, 0.3) is 0 Å². The fourth-order valence-electron chi connectivity index (χ4n) is 1.74. The van der Waals surface area contributed by atoms with Crippen molar-refractivity contribution in [1.29, 1.82) is 0 Å². The molecule has 0 aliphatic rings. The molecule has 1 atom stereocenters. The Bertz CT molecular complexity index is 536. The van der Waals surface area contributed by atoms with Gasteiger partial charge in [-0.25, -0.2) is 4.79 Å². The molecular formula is C12H15NO2. The summed E-state index contributed by atoms with van der Waals surface area (Å²) in [5.74, 6) is -0.259. The van der Waals surface area contributed by atoms with Crippen molar-refractivity contribution in [3.05, 3.63) is 34.3 Å². The van der Waals surface area contributed by atoms with Crippen molar-refractivity contribution in [2.24, 2.45) is 0 Å². The van der Waals surface area contributed by atoms with Gasteiger partial charge in [0.2, 0.25) is 0 Å². The quantitative estimate of drug-likeness (QED) is 0.755. The maximum absolute atomic E-state index is 11.6. The van der Waals surface area contributed by atoms with Crippen LogP contribution in [-0.4, -0.2) is 4.57 Å². The van der Waals surface area contributed by atoms with Crippen LogP contribution in [-0.2, 0) is 0 Å². The second-order valence-electron chi connectivity index (χ2n) is 3.97. The first-order valence-corrected chi connectivity index (χ1v) is 5.25. The summed E-state index contributed by atoms with van der Waals surface area (Å²) in [7, 11) is 0. The second kappa shape index (κ2) is 3.57. The van der Waals surface area contributed by atoms with Gasteiger partial charge in [-0.1, -0.05) is 13.0 Å². The SMILES string of the molecule is CCC(C)n1c(=O)oc2cc(C)ccc21. The monoisotopic (exact) mass is 205 g/mol. The molecule has 1 heterocycles. The number of fused-ring (bicyclic) bond motifs is 1. The lowest BCUT2D eigenvalue weighted by molar-refractivity contribution is 0.452. The van der Waals surface area contributed by atoms with Crippen LogP contribution in [0, 0.1) is 6.92 Å². The van der Waals surface area contributed by atoms with Crippen LogP contribution in [0.2, 0.25) is 0 Å². The van der Waals surface area contributed by atoms with Crippen LogP contribution in [0.3, 0.4) is 0 Å². The molecule has 0 radical (unpaired) electrons. The minimum Gasteiger partial charge on any atom is -0.408 e.